The van der Waals surface area contributed by atoms with Crippen molar-refractivity contribution in [1.29, 1.82) is 0 Å². The van der Waals surface area contributed by atoms with Crippen molar-refractivity contribution in [2.45, 2.75) is 38.8 Å². The number of carbonyl (C=O) groups excluding carboxylic acids is 1. The van der Waals surface area contributed by atoms with Gasteiger partial charge in [0, 0.05) is 29.1 Å². The quantitative estimate of drug-likeness (QED) is 0.655. The number of amides is 1. The van der Waals surface area contributed by atoms with Gasteiger partial charge in [-0.3, -0.25) is 9.69 Å². The first-order chi connectivity index (χ1) is 13.9. The Bertz CT molecular complexity index is 1040. The number of rotatable bonds is 5. The van der Waals surface area contributed by atoms with Crippen LogP contribution in [0.25, 0.3) is 11.3 Å². The molecule has 1 aliphatic heterocycles. The molecule has 0 spiro atoms. The third-order valence-corrected chi connectivity index (χ3v) is 5.14. The predicted molar refractivity (Wildman–Crippen MR) is 107 cm³/mol. The van der Waals surface area contributed by atoms with Gasteiger partial charge >= 0.3 is 0 Å². The number of hydrogen-bond acceptors (Lipinski definition) is 6. The smallest absolute Gasteiger partial charge is 0.228 e. The highest BCUT2D eigenvalue weighted by atomic mass is 35.5. The number of hydrogen-bond donors (Lipinski definition) is 1. The van der Waals surface area contributed by atoms with Crippen molar-refractivity contribution in [2.75, 3.05) is 10.2 Å². The van der Waals surface area contributed by atoms with Gasteiger partial charge in [0.15, 0.2) is 17.4 Å². The number of nitrogens with zero attached hydrogens (tertiary/aromatic N) is 4. The van der Waals surface area contributed by atoms with Crippen molar-refractivity contribution in [3.8, 4) is 11.3 Å². The van der Waals surface area contributed by atoms with Crippen LogP contribution in [-0.4, -0.2) is 27.1 Å². The van der Waals surface area contributed by atoms with E-state index in [0.717, 1.165) is 11.8 Å². The van der Waals surface area contributed by atoms with Crippen LogP contribution >= 0.6 is 11.6 Å². The van der Waals surface area contributed by atoms with Gasteiger partial charge in [0.1, 0.15) is 5.69 Å². The number of carbonyl (C=O) groups is 1. The molecule has 1 N–H and O–H groups in total. The van der Waals surface area contributed by atoms with Crippen LogP contribution in [0.2, 0.25) is 5.02 Å². The van der Waals surface area contributed by atoms with Crippen molar-refractivity contribution in [3.63, 3.8) is 0 Å². The SMILES string of the molecule is CC1CCC(=O)N1c1nc(N[C@@H](C)c2cc(-c3ccc(Cl)cc3)on2)ncc1F. The van der Waals surface area contributed by atoms with Gasteiger partial charge in [0.25, 0.3) is 0 Å². The van der Waals surface area contributed by atoms with Crippen LogP contribution in [0.3, 0.4) is 0 Å². The molecule has 150 valence electrons. The summed E-state index contributed by atoms with van der Waals surface area (Å²) < 4.78 is 19.7. The van der Waals surface area contributed by atoms with E-state index in [-0.39, 0.29) is 29.8 Å². The minimum Gasteiger partial charge on any atom is -0.356 e. The van der Waals surface area contributed by atoms with Crippen molar-refractivity contribution in [1.82, 2.24) is 15.1 Å². The van der Waals surface area contributed by atoms with Crippen molar-refractivity contribution < 1.29 is 13.7 Å². The Labute approximate surface area is 171 Å². The van der Waals surface area contributed by atoms with Gasteiger partial charge in [-0.05, 0) is 44.5 Å². The predicted octanol–water partition coefficient (Wildman–Crippen LogP) is 4.61. The molecule has 3 aromatic rings. The Balaban J connectivity index is 1.53. The standard InChI is InChI=1S/C20H19ClFN5O2/c1-11-3-8-18(28)27(11)19-15(22)10-23-20(25-19)24-12(2)16-9-17(29-26-16)13-4-6-14(21)7-5-13/h4-7,9-12H,3,8H2,1-2H3,(H,23,24,25)/t11?,12-/m0/s1. The summed E-state index contributed by atoms with van der Waals surface area (Å²) in [4.78, 5) is 21.7. The van der Waals surface area contributed by atoms with Gasteiger partial charge in [-0.15, -0.1) is 0 Å². The van der Waals surface area contributed by atoms with Crippen LogP contribution in [0.15, 0.2) is 41.1 Å². The molecule has 0 saturated carbocycles. The van der Waals surface area contributed by atoms with Crippen LogP contribution in [-0.2, 0) is 4.79 Å². The number of nitrogens with one attached hydrogen (secondary N) is 1. The highest BCUT2D eigenvalue weighted by Crippen LogP contribution is 2.29. The van der Waals surface area contributed by atoms with E-state index in [1.54, 1.807) is 18.2 Å². The first-order valence-corrected chi connectivity index (χ1v) is 9.64. The van der Waals surface area contributed by atoms with Gasteiger partial charge in [-0.1, -0.05) is 16.8 Å². The van der Waals surface area contributed by atoms with Crippen molar-refractivity contribution >= 4 is 29.3 Å². The molecule has 1 unspecified atom stereocenters. The molecular weight excluding hydrogens is 397 g/mol. The molecule has 9 heteroatoms. The molecule has 0 bridgehead atoms. The monoisotopic (exact) mass is 415 g/mol. The third-order valence-electron chi connectivity index (χ3n) is 4.89. The summed E-state index contributed by atoms with van der Waals surface area (Å²) in [5.74, 6) is 0.0287. The summed E-state index contributed by atoms with van der Waals surface area (Å²) in [5, 5.41) is 7.81. The van der Waals surface area contributed by atoms with E-state index >= 15 is 0 Å². The third kappa shape index (κ3) is 3.93. The average Bonchev–Trinajstić information content (AvgIpc) is 3.31. The topological polar surface area (TPSA) is 84.2 Å². The molecule has 1 fully saturated rings. The zero-order chi connectivity index (χ0) is 20.5. The lowest BCUT2D eigenvalue weighted by Gasteiger charge is -2.21. The minimum atomic E-state index is -0.628. The molecule has 0 aliphatic carbocycles. The second-order valence-electron chi connectivity index (χ2n) is 7.01. The Morgan fingerprint density at radius 1 is 1.34 bits per heavy atom. The zero-order valence-electron chi connectivity index (χ0n) is 15.9. The zero-order valence-corrected chi connectivity index (χ0v) is 16.7. The molecule has 1 aliphatic rings. The fraction of sp³-hybridized carbons (Fsp3) is 0.300. The van der Waals surface area contributed by atoms with E-state index in [0.29, 0.717) is 29.3 Å². The maximum Gasteiger partial charge on any atom is 0.228 e. The normalized spacial score (nSPS) is 17.6. The highest BCUT2D eigenvalue weighted by Gasteiger charge is 2.32. The van der Waals surface area contributed by atoms with Crippen molar-refractivity contribution in [3.05, 3.63) is 53.1 Å². The first-order valence-electron chi connectivity index (χ1n) is 9.26. The minimum absolute atomic E-state index is 0.00768. The second kappa shape index (κ2) is 7.79. The molecule has 2 aromatic heterocycles. The van der Waals surface area contributed by atoms with E-state index in [1.807, 2.05) is 26.0 Å². The van der Waals surface area contributed by atoms with Gasteiger partial charge in [-0.2, -0.15) is 4.98 Å². The summed E-state index contributed by atoms with van der Waals surface area (Å²) >= 11 is 5.91. The first kappa shape index (κ1) is 19.3. The molecule has 4 rings (SSSR count). The number of benzene rings is 1. The maximum absolute atomic E-state index is 14.3. The molecule has 0 radical (unpaired) electrons. The summed E-state index contributed by atoms with van der Waals surface area (Å²) in [6, 6.07) is 8.63. The lowest BCUT2D eigenvalue weighted by molar-refractivity contribution is -0.117. The Kier molecular flexibility index (Phi) is 5.19. The molecule has 2 atom stereocenters. The lowest BCUT2D eigenvalue weighted by Crippen LogP contribution is -2.32. The van der Waals surface area contributed by atoms with E-state index in [2.05, 4.69) is 20.4 Å². The molecule has 7 nitrogen and oxygen atoms in total. The summed E-state index contributed by atoms with van der Waals surface area (Å²) in [6.45, 7) is 3.73. The summed E-state index contributed by atoms with van der Waals surface area (Å²) in [6.07, 6.45) is 2.13. The molecule has 29 heavy (non-hydrogen) atoms. The van der Waals surface area contributed by atoms with Crippen LogP contribution in [0.5, 0.6) is 0 Å². The average molecular weight is 416 g/mol. The van der Waals surface area contributed by atoms with Gasteiger partial charge in [0.2, 0.25) is 11.9 Å². The van der Waals surface area contributed by atoms with E-state index < -0.39 is 5.82 Å². The van der Waals surface area contributed by atoms with Gasteiger partial charge in [-0.25, -0.2) is 9.37 Å². The van der Waals surface area contributed by atoms with E-state index in [1.165, 1.54) is 4.90 Å². The van der Waals surface area contributed by atoms with E-state index in [9.17, 15) is 9.18 Å². The Hall–Kier alpha value is -3.00. The lowest BCUT2D eigenvalue weighted by atomic mass is 10.1. The largest absolute Gasteiger partial charge is 0.356 e. The molecular formula is C20H19ClFN5O2. The summed E-state index contributed by atoms with van der Waals surface area (Å²) in [5.41, 5.74) is 1.48. The molecule has 3 heterocycles. The fourth-order valence-corrected chi connectivity index (χ4v) is 3.39. The van der Waals surface area contributed by atoms with Crippen LogP contribution in [0, 0.1) is 5.82 Å². The maximum atomic E-state index is 14.3. The second-order valence-corrected chi connectivity index (χ2v) is 7.44. The number of aromatic nitrogens is 3. The Morgan fingerprint density at radius 3 is 2.79 bits per heavy atom. The van der Waals surface area contributed by atoms with E-state index in [4.69, 9.17) is 16.1 Å². The Morgan fingerprint density at radius 2 is 2.10 bits per heavy atom. The molecule has 1 saturated heterocycles. The van der Waals surface area contributed by atoms with Crippen LogP contribution in [0.4, 0.5) is 16.2 Å². The van der Waals surface area contributed by atoms with Crippen LogP contribution < -0.4 is 10.2 Å². The number of halogens is 2. The van der Waals surface area contributed by atoms with Crippen molar-refractivity contribution in [2.24, 2.45) is 0 Å². The molecule has 1 aromatic carbocycles. The molecule has 1 amide bonds. The summed E-state index contributed by atoms with van der Waals surface area (Å²) in [7, 11) is 0. The van der Waals surface area contributed by atoms with Gasteiger partial charge in [0.05, 0.1) is 12.2 Å². The van der Waals surface area contributed by atoms with Gasteiger partial charge < -0.3 is 9.84 Å². The fourth-order valence-electron chi connectivity index (χ4n) is 3.26. The number of anilines is 2. The van der Waals surface area contributed by atoms with Crippen LogP contribution in [0.1, 0.15) is 38.4 Å². The highest BCUT2D eigenvalue weighted by molar-refractivity contribution is 6.30.